The largest absolute Gasteiger partial charge is 0.474 e. The van der Waals surface area contributed by atoms with Gasteiger partial charge in [-0.25, -0.2) is 4.39 Å². The number of fused-ring (bicyclic) bond motifs is 1. The molecule has 0 radical (unpaired) electrons. The van der Waals surface area contributed by atoms with Crippen molar-refractivity contribution in [2.45, 2.75) is 19.1 Å². The van der Waals surface area contributed by atoms with E-state index < -0.39 is 11.4 Å². The highest BCUT2D eigenvalue weighted by molar-refractivity contribution is 6.06. The Hall–Kier alpha value is -3.73. The van der Waals surface area contributed by atoms with Crippen molar-refractivity contribution in [2.24, 2.45) is 0 Å². The normalized spacial score (nSPS) is 18.5. The van der Waals surface area contributed by atoms with Crippen molar-refractivity contribution in [3.8, 4) is 0 Å². The second-order valence-corrected chi connectivity index (χ2v) is 7.54. The Morgan fingerprint density at radius 3 is 2.67 bits per heavy atom. The maximum atomic E-state index is 15.4. The lowest BCUT2D eigenvalue weighted by atomic mass is 9.94. The Labute approximate surface area is 173 Å². The molecule has 2 aromatic carbocycles. The molecule has 3 heterocycles. The fraction of sp³-hybridized carbons (Fsp3) is 0.120. The van der Waals surface area contributed by atoms with E-state index in [1.807, 2.05) is 47.2 Å². The summed E-state index contributed by atoms with van der Waals surface area (Å²) in [6.45, 7) is 2.34. The molecule has 0 N–H and O–H groups in total. The highest BCUT2D eigenvalue weighted by atomic mass is 19.1. The Kier molecular flexibility index (Phi) is 4.24. The van der Waals surface area contributed by atoms with Gasteiger partial charge in [-0.05, 0) is 36.8 Å². The summed E-state index contributed by atoms with van der Waals surface area (Å²) in [5.41, 5.74) is 1.64. The second-order valence-electron chi connectivity index (χ2n) is 7.54. The zero-order valence-electron chi connectivity index (χ0n) is 16.4. The van der Waals surface area contributed by atoms with Crippen molar-refractivity contribution >= 4 is 22.4 Å². The molecule has 0 aliphatic carbocycles. The fourth-order valence-corrected chi connectivity index (χ4v) is 3.88. The number of aromatic nitrogens is 2. The number of benzene rings is 2. The molecule has 0 saturated heterocycles. The van der Waals surface area contributed by atoms with Crippen molar-refractivity contribution in [3.63, 3.8) is 0 Å². The third-order valence-electron chi connectivity index (χ3n) is 5.61. The minimum atomic E-state index is -1.20. The van der Waals surface area contributed by atoms with Gasteiger partial charge in [-0.15, -0.1) is 0 Å². The molecule has 1 aliphatic heterocycles. The van der Waals surface area contributed by atoms with Gasteiger partial charge in [-0.1, -0.05) is 36.4 Å². The fourth-order valence-electron chi connectivity index (χ4n) is 3.88. The van der Waals surface area contributed by atoms with Crippen LogP contribution in [0.2, 0.25) is 0 Å². The molecule has 1 aliphatic rings. The first-order valence-electron chi connectivity index (χ1n) is 9.73. The summed E-state index contributed by atoms with van der Waals surface area (Å²) in [5, 5.41) is 0.496. The molecule has 0 saturated carbocycles. The van der Waals surface area contributed by atoms with Crippen molar-refractivity contribution in [1.29, 1.82) is 0 Å². The topological polar surface area (TPSA) is 44.1 Å². The average molecular weight is 398 g/mol. The molecule has 30 heavy (non-hydrogen) atoms. The predicted octanol–water partition coefficient (Wildman–Crippen LogP) is 5.08. The molecule has 0 fully saturated rings. The summed E-state index contributed by atoms with van der Waals surface area (Å²) in [6.07, 6.45) is 6.48. The van der Waals surface area contributed by atoms with E-state index in [9.17, 15) is 4.79 Å². The first kappa shape index (κ1) is 18.3. The van der Waals surface area contributed by atoms with Crippen LogP contribution in [0.3, 0.4) is 0 Å². The second kappa shape index (κ2) is 6.95. The minimum Gasteiger partial charge on any atom is -0.474 e. The molecule has 4 nitrogen and oxygen atoms in total. The van der Waals surface area contributed by atoms with E-state index in [1.54, 1.807) is 43.6 Å². The van der Waals surface area contributed by atoms with Gasteiger partial charge in [0.15, 0.2) is 5.60 Å². The van der Waals surface area contributed by atoms with Crippen molar-refractivity contribution < 1.29 is 13.9 Å². The third-order valence-corrected chi connectivity index (χ3v) is 5.61. The summed E-state index contributed by atoms with van der Waals surface area (Å²) >= 11 is 0. The third kappa shape index (κ3) is 2.90. The van der Waals surface area contributed by atoms with E-state index in [1.165, 1.54) is 6.08 Å². The number of pyridine rings is 1. The lowest BCUT2D eigenvalue weighted by molar-refractivity contribution is -0.127. The predicted molar refractivity (Wildman–Crippen MR) is 113 cm³/mol. The molecule has 4 aromatic rings. The summed E-state index contributed by atoms with van der Waals surface area (Å²) in [4.78, 5) is 16.8. The standard InChI is InChI=1S/C25H19FN2O2/c1-25(18-8-5-12-27-15-18)23(29)14-22(30-25)20-9-10-21-19(24(20)26)11-13-28(21)16-17-6-3-2-4-7-17/h2-15H,16H2,1H3. The van der Waals surface area contributed by atoms with Gasteiger partial charge in [0.25, 0.3) is 0 Å². The van der Waals surface area contributed by atoms with Crippen LogP contribution in [0, 0.1) is 5.82 Å². The monoisotopic (exact) mass is 398 g/mol. The molecule has 1 unspecified atom stereocenters. The number of hydrogen-bond donors (Lipinski definition) is 0. The average Bonchev–Trinajstić information content (AvgIpc) is 3.32. The Morgan fingerprint density at radius 1 is 1.07 bits per heavy atom. The Balaban J connectivity index is 1.50. The highest BCUT2D eigenvalue weighted by Gasteiger charge is 2.43. The summed E-state index contributed by atoms with van der Waals surface area (Å²) in [6, 6.07) is 18.9. The Bertz CT molecular complexity index is 1280. The summed E-state index contributed by atoms with van der Waals surface area (Å²) < 4.78 is 23.4. The van der Waals surface area contributed by atoms with Crippen LogP contribution in [0.5, 0.6) is 0 Å². The van der Waals surface area contributed by atoms with Crippen LogP contribution >= 0.6 is 0 Å². The van der Waals surface area contributed by atoms with Gasteiger partial charge in [0.2, 0.25) is 5.78 Å². The van der Waals surface area contributed by atoms with E-state index in [2.05, 4.69) is 4.98 Å². The molecule has 2 aromatic heterocycles. The maximum Gasteiger partial charge on any atom is 0.207 e. The molecule has 0 bridgehead atoms. The highest BCUT2D eigenvalue weighted by Crippen LogP contribution is 2.40. The maximum absolute atomic E-state index is 15.4. The van der Waals surface area contributed by atoms with Gasteiger partial charge >= 0.3 is 0 Å². The number of ether oxygens (including phenoxy) is 1. The van der Waals surface area contributed by atoms with Crippen LogP contribution in [-0.4, -0.2) is 15.3 Å². The number of hydrogen-bond acceptors (Lipinski definition) is 3. The van der Waals surface area contributed by atoms with Gasteiger partial charge in [-0.2, -0.15) is 0 Å². The summed E-state index contributed by atoms with van der Waals surface area (Å²) in [5.74, 6) is -0.387. The molecule has 5 heteroatoms. The van der Waals surface area contributed by atoms with Gasteiger partial charge in [0.1, 0.15) is 11.6 Å². The zero-order valence-corrected chi connectivity index (χ0v) is 16.4. The van der Waals surface area contributed by atoms with E-state index in [0.717, 1.165) is 11.1 Å². The molecule has 0 amide bonds. The van der Waals surface area contributed by atoms with Gasteiger partial charge < -0.3 is 9.30 Å². The smallest absolute Gasteiger partial charge is 0.207 e. The molecule has 148 valence electrons. The number of nitrogens with zero attached hydrogens (tertiary/aromatic N) is 2. The van der Waals surface area contributed by atoms with Crippen molar-refractivity contribution in [1.82, 2.24) is 9.55 Å². The van der Waals surface area contributed by atoms with E-state index >= 15 is 4.39 Å². The lowest BCUT2D eigenvalue weighted by Crippen LogP contribution is -2.29. The van der Waals surface area contributed by atoms with E-state index in [4.69, 9.17) is 4.74 Å². The van der Waals surface area contributed by atoms with Crippen LogP contribution in [0.15, 0.2) is 85.3 Å². The SMILES string of the molecule is CC1(c2cccnc2)OC(c2ccc3c(ccn3Cc3ccccc3)c2F)=CC1=O. The van der Waals surface area contributed by atoms with Crippen LogP contribution in [0.1, 0.15) is 23.6 Å². The molecule has 5 rings (SSSR count). The first-order chi connectivity index (χ1) is 14.6. The zero-order chi connectivity index (χ0) is 20.7. The molecular formula is C25H19FN2O2. The molecule has 1 atom stereocenters. The van der Waals surface area contributed by atoms with Gasteiger partial charge in [0.05, 0.1) is 11.1 Å². The van der Waals surface area contributed by atoms with E-state index in [-0.39, 0.29) is 17.1 Å². The molecular weight excluding hydrogens is 379 g/mol. The lowest BCUT2D eigenvalue weighted by Gasteiger charge is -2.24. The number of ketones is 1. The van der Waals surface area contributed by atoms with Crippen LogP contribution in [-0.2, 0) is 21.7 Å². The first-order valence-corrected chi connectivity index (χ1v) is 9.73. The van der Waals surface area contributed by atoms with Gasteiger partial charge in [-0.3, -0.25) is 9.78 Å². The van der Waals surface area contributed by atoms with Crippen molar-refractivity contribution in [3.05, 3.63) is 108 Å². The minimum absolute atomic E-state index is 0.230. The number of carbonyl (C=O) groups is 1. The van der Waals surface area contributed by atoms with Crippen molar-refractivity contribution in [2.75, 3.05) is 0 Å². The van der Waals surface area contributed by atoms with Crippen LogP contribution in [0.4, 0.5) is 4.39 Å². The van der Waals surface area contributed by atoms with Crippen LogP contribution < -0.4 is 0 Å². The quantitative estimate of drug-likeness (QED) is 0.482. The van der Waals surface area contributed by atoms with Crippen LogP contribution in [0.25, 0.3) is 16.7 Å². The Morgan fingerprint density at radius 2 is 1.90 bits per heavy atom. The number of halogens is 1. The van der Waals surface area contributed by atoms with E-state index in [0.29, 0.717) is 17.5 Å². The van der Waals surface area contributed by atoms with Gasteiger partial charge in [0, 0.05) is 42.2 Å². The number of carbonyl (C=O) groups excluding carboxylic acids is 1. The molecule has 0 spiro atoms. The summed E-state index contributed by atoms with van der Waals surface area (Å²) in [7, 11) is 0. The number of rotatable bonds is 4.